The first kappa shape index (κ1) is 14.6. The predicted octanol–water partition coefficient (Wildman–Crippen LogP) is 7.29. The smallest absolute Gasteiger partial charge is 0.0477 e. The molecule has 0 saturated heterocycles. The van der Waals surface area contributed by atoms with Gasteiger partial charge in [0.2, 0.25) is 0 Å². The van der Waals surface area contributed by atoms with E-state index in [0.717, 1.165) is 0 Å². The number of H-pyrrole nitrogens is 1. The Morgan fingerprint density at radius 2 is 1.15 bits per heavy atom. The van der Waals surface area contributed by atoms with Crippen molar-refractivity contribution >= 4 is 43.4 Å². The number of fused-ring (bicyclic) bond motifs is 7. The molecule has 0 bridgehead atoms. The molecule has 6 rings (SSSR count). The highest BCUT2D eigenvalue weighted by molar-refractivity contribution is 6.29. The number of aromatic amines is 1. The van der Waals surface area contributed by atoms with Gasteiger partial charge in [-0.3, -0.25) is 0 Å². The molecule has 0 aliphatic rings. The fourth-order valence-corrected chi connectivity index (χ4v) is 4.39. The fraction of sp³-hybridized carbons (Fsp3) is 0. The Balaban J connectivity index is 1.87. The number of aromatic nitrogens is 1. The van der Waals surface area contributed by atoms with E-state index in [4.69, 9.17) is 0 Å². The molecule has 1 heteroatoms. The van der Waals surface area contributed by atoms with Gasteiger partial charge in [0.25, 0.3) is 0 Å². The molecular weight excluding hydrogens is 326 g/mol. The van der Waals surface area contributed by atoms with Crippen molar-refractivity contribution in [1.29, 1.82) is 0 Å². The second-order valence-electron chi connectivity index (χ2n) is 7.09. The molecule has 0 fully saturated rings. The minimum Gasteiger partial charge on any atom is -0.354 e. The van der Waals surface area contributed by atoms with E-state index < -0.39 is 0 Å². The summed E-state index contributed by atoms with van der Waals surface area (Å²) in [5.41, 5.74) is 4.91. The van der Waals surface area contributed by atoms with Crippen LogP contribution in [0.3, 0.4) is 0 Å². The van der Waals surface area contributed by atoms with Crippen LogP contribution in [0.25, 0.3) is 54.5 Å². The van der Waals surface area contributed by atoms with Gasteiger partial charge in [0.05, 0.1) is 0 Å². The third-order valence-corrected chi connectivity index (χ3v) is 5.58. The molecule has 1 N–H and O–H groups in total. The lowest BCUT2D eigenvalue weighted by atomic mass is 9.94. The summed E-state index contributed by atoms with van der Waals surface area (Å²) in [6, 6.07) is 34.8. The summed E-state index contributed by atoms with van der Waals surface area (Å²) in [5, 5.41) is 7.82. The molecule has 0 unspecified atom stereocenters. The zero-order valence-electron chi connectivity index (χ0n) is 14.7. The number of benzene rings is 5. The van der Waals surface area contributed by atoms with Crippen LogP contribution in [-0.4, -0.2) is 4.98 Å². The maximum absolute atomic E-state index is 3.67. The normalized spacial score (nSPS) is 11.7. The van der Waals surface area contributed by atoms with E-state index in [0.29, 0.717) is 0 Å². The Labute approximate surface area is 156 Å². The molecule has 0 aliphatic heterocycles. The van der Waals surface area contributed by atoms with Crippen molar-refractivity contribution in [2.45, 2.75) is 0 Å². The molecule has 27 heavy (non-hydrogen) atoms. The fourth-order valence-electron chi connectivity index (χ4n) is 4.39. The van der Waals surface area contributed by atoms with Crippen molar-refractivity contribution in [3.8, 4) is 11.1 Å². The molecule has 5 aromatic carbocycles. The summed E-state index contributed by atoms with van der Waals surface area (Å²) in [4.78, 5) is 3.67. The van der Waals surface area contributed by atoms with E-state index in [1.54, 1.807) is 0 Å². The predicted molar refractivity (Wildman–Crippen MR) is 116 cm³/mol. The second kappa shape index (κ2) is 5.46. The highest BCUT2D eigenvalue weighted by Crippen LogP contribution is 2.40. The Bertz CT molecular complexity index is 1460. The van der Waals surface area contributed by atoms with Gasteiger partial charge in [-0.15, -0.1) is 0 Å². The Hall–Kier alpha value is -3.58. The van der Waals surface area contributed by atoms with Gasteiger partial charge in [0, 0.05) is 21.8 Å². The van der Waals surface area contributed by atoms with Gasteiger partial charge in [-0.05, 0) is 44.8 Å². The second-order valence-corrected chi connectivity index (χ2v) is 7.09. The summed E-state index contributed by atoms with van der Waals surface area (Å²) in [6.07, 6.45) is 0. The minimum atomic E-state index is 1.19. The molecule has 0 saturated carbocycles. The lowest BCUT2D eigenvalue weighted by molar-refractivity contribution is 1.55. The van der Waals surface area contributed by atoms with Crippen LogP contribution in [0.1, 0.15) is 0 Å². The maximum Gasteiger partial charge on any atom is 0.0477 e. The molecule has 0 atom stereocenters. The maximum atomic E-state index is 3.67. The van der Waals surface area contributed by atoms with Gasteiger partial charge in [-0.2, -0.15) is 0 Å². The van der Waals surface area contributed by atoms with Crippen molar-refractivity contribution in [3.63, 3.8) is 0 Å². The third-order valence-electron chi connectivity index (χ3n) is 5.58. The largest absolute Gasteiger partial charge is 0.354 e. The molecule has 0 amide bonds. The van der Waals surface area contributed by atoms with Gasteiger partial charge in [-0.1, -0.05) is 84.9 Å². The number of hydrogen-bond acceptors (Lipinski definition) is 0. The first-order chi connectivity index (χ1) is 13.4. The van der Waals surface area contributed by atoms with Crippen LogP contribution in [0.2, 0.25) is 0 Å². The van der Waals surface area contributed by atoms with E-state index >= 15 is 0 Å². The molecule has 126 valence electrons. The van der Waals surface area contributed by atoms with E-state index in [-0.39, 0.29) is 0 Å². The molecular formula is C26H17N. The average Bonchev–Trinajstić information content (AvgIpc) is 3.13. The molecule has 0 aliphatic carbocycles. The number of rotatable bonds is 1. The van der Waals surface area contributed by atoms with E-state index in [9.17, 15) is 0 Å². The van der Waals surface area contributed by atoms with Gasteiger partial charge in [0.15, 0.2) is 0 Å². The van der Waals surface area contributed by atoms with Crippen LogP contribution in [0, 0.1) is 0 Å². The molecule has 1 heterocycles. The van der Waals surface area contributed by atoms with Crippen LogP contribution < -0.4 is 0 Å². The topological polar surface area (TPSA) is 15.8 Å². The van der Waals surface area contributed by atoms with Crippen molar-refractivity contribution < 1.29 is 0 Å². The standard InChI is InChI=1S/C26H17N/c1-2-8-17(9-3-1)22-16-24-26(21-13-7-6-12-20(21)22)25-19-11-5-4-10-18(19)14-15-23(25)27-24/h1-16,27H. The van der Waals surface area contributed by atoms with Gasteiger partial charge < -0.3 is 4.98 Å². The van der Waals surface area contributed by atoms with Crippen LogP contribution in [0.4, 0.5) is 0 Å². The summed E-state index contributed by atoms with van der Waals surface area (Å²) in [7, 11) is 0. The van der Waals surface area contributed by atoms with Crippen LogP contribution in [0.15, 0.2) is 97.1 Å². The molecule has 1 aromatic heterocycles. The summed E-state index contributed by atoms with van der Waals surface area (Å²) >= 11 is 0. The zero-order chi connectivity index (χ0) is 17.8. The van der Waals surface area contributed by atoms with E-state index in [2.05, 4.69) is 102 Å². The number of hydrogen-bond donors (Lipinski definition) is 1. The van der Waals surface area contributed by atoms with Crippen LogP contribution in [-0.2, 0) is 0 Å². The van der Waals surface area contributed by atoms with Crippen molar-refractivity contribution in [2.24, 2.45) is 0 Å². The average molecular weight is 343 g/mol. The Morgan fingerprint density at radius 3 is 2.00 bits per heavy atom. The minimum absolute atomic E-state index is 1.19. The van der Waals surface area contributed by atoms with Crippen LogP contribution in [0.5, 0.6) is 0 Å². The first-order valence-corrected chi connectivity index (χ1v) is 9.30. The SMILES string of the molecule is c1ccc(-c2cc3[nH]c4ccc5ccccc5c4c3c3ccccc23)cc1. The highest BCUT2D eigenvalue weighted by Gasteiger charge is 2.14. The quantitative estimate of drug-likeness (QED) is 0.322. The lowest BCUT2D eigenvalue weighted by Crippen LogP contribution is -1.83. The zero-order valence-corrected chi connectivity index (χ0v) is 14.7. The number of nitrogens with one attached hydrogen (secondary N) is 1. The lowest BCUT2D eigenvalue weighted by Gasteiger charge is -2.09. The van der Waals surface area contributed by atoms with E-state index in [1.165, 1.54) is 54.5 Å². The molecule has 6 aromatic rings. The summed E-state index contributed by atoms with van der Waals surface area (Å²) in [6.45, 7) is 0. The Morgan fingerprint density at radius 1 is 0.481 bits per heavy atom. The van der Waals surface area contributed by atoms with Gasteiger partial charge >= 0.3 is 0 Å². The van der Waals surface area contributed by atoms with E-state index in [1.807, 2.05) is 0 Å². The van der Waals surface area contributed by atoms with Crippen molar-refractivity contribution in [1.82, 2.24) is 4.98 Å². The highest BCUT2D eigenvalue weighted by atomic mass is 14.7. The third kappa shape index (κ3) is 2.06. The summed E-state index contributed by atoms with van der Waals surface area (Å²) in [5.74, 6) is 0. The Kier molecular flexibility index (Phi) is 2.95. The monoisotopic (exact) mass is 343 g/mol. The summed E-state index contributed by atoms with van der Waals surface area (Å²) < 4.78 is 0. The van der Waals surface area contributed by atoms with Gasteiger partial charge in [-0.25, -0.2) is 0 Å². The van der Waals surface area contributed by atoms with Crippen molar-refractivity contribution in [2.75, 3.05) is 0 Å². The van der Waals surface area contributed by atoms with Crippen LogP contribution >= 0.6 is 0 Å². The van der Waals surface area contributed by atoms with Crippen molar-refractivity contribution in [3.05, 3.63) is 97.1 Å². The molecule has 0 radical (unpaired) electrons. The molecule has 0 spiro atoms. The van der Waals surface area contributed by atoms with Gasteiger partial charge in [0.1, 0.15) is 0 Å². The molecule has 1 nitrogen and oxygen atoms in total. The first-order valence-electron chi connectivity index (χ1n) is 9.30.